The molecule has 0 aliphatic carbocycles. The van der Waals surface area contributed by atoms with Crippen molar-refractivity contribution in [3.63, 3.8) is 0 Å². The molecule has 1 rings (SSSR count). The molecule has 70 valence electrons. The van der Waals surface area contributed by atoms with E-state index in [2.05, 4.69) is 0 Å². The lowest BCUT2D eigenvalue weighted by molar-refractivity contribution is -0.144. The Morgan fingerprint density at radius 1 is 1.67 bits per heavy atom. The molecular weight excluding hydrogens is 158 g/mol. The molecule has 2 atom stereocenters. The smallest absolute Gasteiger partial charge is 0.321 e. The fourth-order valence-electron chi connectivity index (χ4n) is 1.65. The van der Waals surface area contributed by atoms with Crippen molar-refractivity contribution in [2.24, 2.45) is 5.92 Å². The maximum atomic E-state index is 10.8. The zero-order valence-electron chi connectivity index (χ0n) is 7.49. The molecule has 0 radical (unpaired) electrons. The van der Waals surface area contributed by atoms with Gasteiger partial charge in [0, 0.05) is 12.5 Å². The number of aliphatic carboxylic acids is 1. The van der Waals surface area contributed by atoms with E-state index in [9.17, 15) is 4.79 Å². The highest BCUT2D eigenvalue weighted by atomic mass is 16.5. The van der Waals surface area contributed by atoms with Crippen LogP contribution in [-0.4, -0.2) is 49.3 Å². The molecule has 1 heterocycles. The molecule has 1 fully saturated rings. The Balaban J connectivity index is 2.58. The summed E-state index contributed by atoms with van der Waals surface area (Å²) in [6, 6.07) is -0.396. The maximum Gasteiger partial charge on any atom is 0.321 e. The lowest BCUT2D eigenvalue weighted by Gasteiger charge is -2.24. The molecule has 0 aromatic heterocycles. The van der Waals surface area contributed by atoms with Crippen LogP contribution in [0.25, 0.3) is 0 Å². The fourth-order valence-corrected chi connectivity index (χ4v) is 1.65. The summed E-state index contributed by atoms with van der Waals surface area (Å²) in [6.45, 7) is 1.28. The van der Waals surface area contributed by atoms with Crippen molar-refractivity contribution in [1.29, 1.82) is 0 Å². The van der Waals surface area contributed by atoms with Gasteiger partial charge in [-0.25, -0.2) is 0 Å². The number of ether oxygens (including phenoxy) is 1. The molecule has 0 aromatic rings. The molecule has 1 aliphatic rings. The van der Waals surface area contributed by atoms with Gasteiger partial charge in [0.25, 0.3) is 0 Å². The number of carboxylic acid groups (broad SMARTS) is 1. The third-order valence-electron chi connectivity index (χ3n) is 2.22. The summed E-state index contributed by atoms with van der Waals surface area (Å²) in [4.78, 5) is 12.6. The Labute approximate surface area is 72.1 Å². The SMILES string of the molecule is CN(C)C(C(=O)O)C1CCOC1. The molecule has 0 aromatic carbocycles. The van der Waals surface area contributed by atoms with Crippen molar-refractivity contribution in [1.82, 2.24) is 4.90 Å². The van der Waals surface area contributed by atoms with Crippen LogP contribution in [0.2, 0.25) is 0 Å². The van der Waals surface area contributed by atoms with Crippen molar-refractivity contribution in [2.75, 3.05) is 27.3 Å². The molecule has 0 saturated carbocycles. The number of likely N-dealkylation sites (N-methyl/N-ethyl adjacent to an activating group) is 1. The largest absolute Gasteiger partial charge is 0.480 e. The van der Waals surface area contributed by atoms with E-state index >= 15 is 0 Å². The Hall–Kier alpha value is -0.610. The highest BCUT2D eigenvalue weighted by Gasteiger charge is 2.32. The van der Waals surface area contributed by atoms with Crippen LogP contribution in [-0.2, 0) is 9.53 Å². The van der Waals surface area contributed by atoms with Crippen molar-refractivity contribution in [3.05, 3.63) is 0 Å². The van der Waals surface area contributed by atoms with Gasteiger partial charge in [0.1, 0.15) is 6.04 Å². The van der Waals surface area contributed by atoms with Crippen LogP contribution in [0.15, 0.2) is 0 Å². The van der Waals surface area contributed by atoms with Crippen LogP contribution in [0.4, 0.5) is 0 Å². The minimum absolute atomic E-state index is 0.150. The Bertz CT molecular complexity index is 164. The number of carbonyl (C=O) groups is 1. The summed E-state index contributed by atoms with van der Waals surface area (Å²) in [5, 5.41) is 8.91. The molecule has 1 saturated heterocycles. The highest BCUT2D eigenvalue weighted by Crippen LogP contribution is 2.19. The lowest BCUT2D eigenvalue weighted by atomic mass is 9.98. The standard InChI is InChI=1S/C8H15NO3/c1-9(2)7(8(10)11)6-3-4-12-5-6/h6-7H,3-5H2,1-2H3,(H,10,11). The maximum absolute atomic E-state index is 10.8. The van der Waals surface area contributed by atoms with Crippen molar-refractivity contribution in [2.45, 2.75) is 12.5 Å². The molecule has 12 heavy (non-hydrogen) atoms. The second-order valence-electron chi connectivity index (χ2n) is 3.37. The predicted octanol–water partition coefficient (Wildman–Crippen LogP) is 0.0377. The van der Waals surface area contributed by atoms with Crippen LogP contribution in [0.5, 0.6) is 0 Å². The van der Waals surface area contributed by atoms with E-state index in [1.807, 2.05) is 0 Å². The first-order valence-electron chi connectivity index (χ1n) is 4.10. The number of hydrogen-bond acceptors (Lipinski definition) is 3. The average molecular weight is 173 g/mol. The van der Waals surface area contributed by atoms with Crippen LogP contribution in [0.1, 0.15) is 6.42 Å². The molecule has 1 N–H and O–H groups in total. The number of carboxylic acids is 1. The normalized spacial score (nSPS) is 26.1. The van der Waals surface area contributed by atoms with Crippen LogP contribution < -0.4 is 0 Å². The minimum atomic E-state index is -0.754. The lowest BCUT2D eigenvalue weighted by Crippen LogP contribution is -2.42. The molecule has 4 heteroatoms. The van der Waals surface area contributed by atoms with Gasteiger partial charge in [-0.1, -0.05) is 0 Å². The monoisotopic (exact) mass is 173 g/mol. The Morgan fingerprint density at radius 3 is 2.67 bits per heavy atom. The first-order chi connectivity index (χ1) is 5.63. The minimum Gasteiger partial charge on any atom is -0.480 e. The summed E-state index contributed by atoms with van der Waals surface area (Å²) in [6.07, 6.45) is 0.856. The second-order valence-corrected chi connectivity index (χ2v) is 3.37. The van der Waals surface area contributed by atoms with Gasteiger partial charge in [-0.05, 0) is 20.5 Å². The van der Waals surface area contributed by atoms with E-state index in [0.29, 0.717) is 13.2 Å². The highest BCUT2D eigenvalue weighted by molar-refractivity contribution is 5.73. The first kappa shape index (κ1) is 9.48. The van der Waals surface area contributed by atoms with E-state index in [0.717, 1.165) is 6.42 Å². The summed E-state index contributed by atoms with van der Waals surface area (Å²) in [7, 11) is 3.58. The van der Waals surface area contributed by atoms with Crippen molar-refractivity contribution in [3.8, 4) is 0 Å². The van der Waals surface area contributed by atoms with E-state index in [1.165, 1.54) is 0 Å². The topological polar surface area (TPSA) is 49.8 Å². The van der Waals surface area contributed by atoms with Gasteiger partial charge in [-0.15, -0.1) is 0 Å². The van der Waals surface area contributed by atoms with Crippen LogP contribution >= 0.6 is 0 Å². The summed E-state index contributed by atoms with van der Waals surface area (Å²) in [5.74, 6) is -0.604. The summed E-state index contributed by atoms with van der Waals surface area (Å²) in [5.41, 5.74) is 0. The molecule has 2 unspecified atom stereocenters. The molecule has 0 bridgehead atoms. The van der Waals surface area contributed by atoms with Crippen molar-refractivity contribution >= 4 is 5.97 Å². The van der Waals surface area contributed by atoms with Gasteiger partial charge in [0.15, 0.2) is 0 Å². The number of nitrogens with zero attached hydrogens (tertiary/aromatic N) is 1. The van der Waals surface area contributed by atoms with Gasteiger partial charge >= 0.3 is 5.97 Å². The summed E-state index contributed by atoms with van der Waals surface area (Å²) < 4.78 is 5.15. The molecule has 1 aliphatic heterocycles. The van der Waals surface area contributed by atoms with E-state index < -0.39 is 12.0 Å². The Morgan fingerprint density at radius 2 is 2.33 bits per heavy atom. The van der Waals surface area contributed by atoms with E-state index in [-0.39, 0.29) is 5.92 Å². The third-order valence-corrected chi connectivity index (χ3v) is 2.22. The van der Waals surface area contributed by atoms with Crippen molar-refractivity contribution < 1.29 is 14.6 Å². The quantitative estimate of drug-likeness (QED) is 0.654. The fraction of sp³-hybridized carbons (Fsp3) is 0.875. The number of rotatable bonds is 3. The van der Waals surface area contributed by atoms with Crippen LogP contribution in [0, 0.1) is 5.92 Å². The van der Waals surface area contributed by atoms with Gasteiger partial charge in [-0.2, -0.15) is 0 Å². The van der Waals surface area contributed by atoms with E-state index in [1.54, 1.807) is 19.0 Å². The Kier molecular flexibility index (Phi) is 3.05. The van der Waals surface area contributed by atoms with Gasteiger partial charge in [0.05, 0.1) is 6.61 Å². The molecular formula is C8H15NO3. The van der Waals surface area contributed by atoms with Gasteiger partial charge in [-0.3, -0.25) is 9.69 Å². The van der Waals surface area contributed by atoms with Crippen LogP contribution in [0.3, 0.4) is 0 Å². The predicted molar refractivity (Wildman–Crippen MR) is 44.0 cm³/mol. The first-order valence-corrected chi connectivity index (χ1v) is 4.10. The van der Waals surface area contributed by atoms with Gasteiger partial charge in [0.2, 0.25) is 0 Å². The zero-order chi connectivity index (χ0) is 9.14. The third kappa shape index (κ3) is 1.95. The summed E-state index contributed by atoms with van der Waals surface area (Å²) >= 11 is 0. The molecule has 0 spiro atoms. The van der Waals surface area contributed by atoms with Gasteiger partial charge < -0.3 is 9.84 Å². The second kappa shape index (κ2) is 3.87. The zero-order valence-corrected chi connectivity index (χ0v) is 7.49. The van der Waals surface area contributed by atoms with E-state index in [4.69, 9.17) is 9.84 Å². The molecule has 4 nitrogen and oxygen atoms in total. The number of hydrogen-bond donors (Lipinski definition) is 1. The average Bonchev–Trinajstić information content (AvgIpc) is 2.37. The molecule has 0 amide bonds.